The molecule has 2 amide bonds. The van der Waals surface area contributed by atoms with Crippen LogP contribution in [0.2, 0.25) is 0 Å². The molecule has 30 heavy (non-hydrogen) atoms. The van der Waals surface area contributed by atoms with Crippen LogP contribution >= 0.6 is 0 Å². The van der Waals surface area contributed by atoms with Gasteiger partial charge in [-0.3, -0.25) is 9.59 Å². The van der Waals surface area contributed by atoms with Crippen LogP contribution in [0.5, 0.6) is 5.75 Å². The molecule has 3 aromatic rings. The molecular weight excluding hydrogens is 376 g/mol. The Bertz CT molecular complexity index is 1020. The van der Waals surface area contributed by atoms with Crippen LogP contribution in [0.25, 0.3) is 0 Å². The lowest BCUT2D eigenvalue weighted by atomic mass is 10.1. The number of hydrogen-bond acceptors (Lipinski definition) is 3. The summed E-state index contributed by atoms with van der Waals surface area (Å²) >= 11 is 0. The third-order valence-corrected chi connectivity index (χ3v) is 4.50. The quantitative estimate of drug-likeness (QED) is 0.587. The maximum absolute atomic E-state index is 12.8. The lowest BCUT2D eigenvalue weighted by Crippen LogP contribution is -2.26. The number of carbonyl (C=O) groups excluding carboxylic acids is 2. The van der Waals surface area contributed by atoms with Crippen LogP contribution in [0.4, 0.5) is 11.4 Å². The molecule has 0 aliphatic heterocycles. The summed E-state index contributed by atoms with van der Waals surface area (Å²) in [5.41, 5.74) is 2.35. The summed E-state index contributed by atoms with van der Waals surface area (Å²) in [5, 5.41) is 2.86. The predicted molar refractivity (Wildman–Crippen MR) is 120 cm³/mol. The van der Waals surface area contributed by atoms with E-state index < -0.39 is 0 Å². The first-order valence-electron chi connectivity index (χ1n) is 9.91. The van der Waals surface area contributed by atoms with Gasteiger partial charge in [0.2, 0.25) is 0 Å². The standard InChI is InChI=1S/C25H26N2O3/c1-18(2)17-30-23-14-8-9-19(16-23)24(28)26-21-11-7-10-20(15-21)25(29)27(3)22-12-5-4-6-13-22/h4-16,18H,17H2,1-3H3,(H,26,28). The van der Waals surface area contributed by atoms with Crippen LogP contribution < -0.4 is 15.0 Å². The highest BCUT2D eigenvalue weighted by Crippen LogP contribution is 2.19. The molecule has 0 saturated heterocycles. The zero-order valence-corrected chi connectivity index (χ0v) is 17.5. The molecule has 0 bridgehead atoms. The van der Waals surface area contributed by atoms with Gasteiger partial charge in [0.1, 0.15) is 5.75 Å². The Morgan fingerprint density at radius 1 is 0.900 bits per heavy atom. The Balaban J connectivity index is 1.71. The van der Waals surface area contributed by atoms with Gasteiger partial charge in [0.25, 0.3) is 11.8 Å². The van der Waals surface area contributed by atoms with Gasteiger partial charge in [0.05, 0.1) is 6.61 Å². The Morgan fingerprint density at radius 2 is 1.60 bits per heavy atom. The topological polar surface area (TPSA) is 58.6 Å². The van der Waals surface area contributed by atoms with E-state index in [0.29, 0.717) is 35.1 Å². The summed E-state index contributed by atoms with van der Waals surface area (Å²) in [4.78, 5) is 27.1. The van der Waals surface area contributed by atoms with Gasteiger partial charge in [-0.15, -0.1) is 0 Å². The number of benzene rings is 3. The molecule has 0 aliphatic carbocycles. The molecule has 3 aromatic carbocycles. The molecule has 0 aliphatic rings. The number of para-hydroxylation sites is 1. The van der Waals surface area contributed by atoms with Crippen LogP contribution in [0, 0.1) is 5.92 Å². The number of nitrogens with zero attached hydrogens (tertiary/aromatic N) is 1. The lowest BCUT2D eigenvalue weighted by Gasteiger charge is -2.17. The molecule has 0 saturated carbocycles. The van der Waals surface area contributed by atoms with Crippen molar-refractivity contribution in [2.24, 2.45) is 5.92 Å². The van der Waals surface area contributed by atoms with Gasteiger partial charge in [-0.2, -0.15) is 0 Å². The zero-order valence-electron chi connectivity index (χ0n) is 17.5. The second kappa shape index (κ2) is 9.74. The van der Waals surface area contributed by atoms with Crippen molar-refractivity contribution in [1.82, 2.24) is 0 Å². The zero-order chi connectivity index (χ0) is 21.5. The van der Waals surface area contributed by atoms with E-state index in [2.05, 4.69) is 19.2 Å². The maximum Gasteiger partial charge on any atom is 0.258 e. The van der Waals surface area contributed by atoms with E-state index in [-0.39, 0.29) is 11.8 Å². The highest BCUT2D eigenvalue weighted by Gasteiger charge is 2.15. The van der Waals surface area contributed by atoms with E-state index >= 15 is 0 Å². The van der Waals surface area contributed by atoms with Crippen molar-refractivity contribution in [2.75, 3.05) is 23.9 Å². The van der Waals surface area contributed by atoms with Crippen LogP contribution in [0.3, 0.4) is 0 Å². The second-order valence-corrected chi connectivity index (χ2v) is 7.47. The van der Waals surface area contributed by atoms with Gasteiger partial charge in [0.15, 0.2) is 0 Å². The van der Waals surface area contributed by atoms with Gasteiger partial charge < -0.3 is 15.0 Å². The van der Waals surface area contributed by atoms with Crippen LogP contribution in [-0.4, -0.2) is 25.5 Å². The molecule has 3 rings (SSSR count). The molecule has 5 nitrogen and oxygen atoms in total. The van der Waals surface area contributed by atoms with Crippen molar-refractivity contribution >= 4 is 23.2 Å². The third kappa shape index (κ3) is 5.47. The smallest absolute Gasteiger partial charge is 0.258 e. The molecule has 5 heteroatoms. The van der Waals surface area contributed by atoms with Crippen LogP contribution in [0.15, 0.2) is 78.9 Å². The van der Waals surface area contributed by atoms with Crippen molar-refractivity contribution < 1.29 is 14.3 Å². The van der Waals surface area contributed by atoms with Gasteiger partial charge >= 0.3 is 0 Å². The number of carbonyl (C=O) groups is 2. The first-order chi connectivity index (χ1) is 14.4. The Labute approximate surface area is 177 Å². The SMILES string of the molecule is CC(C)COc1cccc(C(=O)Nc2cccc(C(=O)N(C)c3ccccc3)c2)c1. The number of ether oxygens (including phenoxy) is 1. The molecule has 0 aromatic heterocycles. The van der Waals surface area contributed by atoms with E-state index in [1.54, 1.807) is 54.4 Å². The van der Waals surface area contributed by atoms with E-state index in [4.69, 9.17) is 4.74 Å². The van der Waals surface area contributed by atoms with Crippen LogP contribution in [-0.2, 0) is 0 Å². The van der Waals surface area contributed by atoms with E-state index in [9.17, 15) is 9.59 Å². The Hall–Kier alpha value is -3.60. The maximum atomic E-state index is 12.8. The predicted octanol–water partition coefficient (Wildman–Crippen LogP) is 5.25. The normalized spacial score (nSPS) is 10.5. The number of amides is 2. The van der Waals surface area contributed by atoms with Crippen molar-refractivity contribution in [2.45, 2.75) is 13.8 Å². The summed E-state index contributed by atoms with van der Waals surface area (Å²) in [6, 6.07) is 23.4. The molecule has 0 heterocycles. The highest BCUT2D eigenvalue weighted by molar-refractivity contribution is 6.08. The minimum atomic E-state index is -0.258. The molecule has 0 atom stereocenters. The van der Waals surface area contributed by atoms with Gasteiger partial charge in [0, 0.05) is 29.5 Å². The van der Waals surface area contributed by atoms with Gasteiger partial charge in [-0.1, -0.05) is 44.2 Å². The first-order valence-corrected chi connectivity index (χ1v) is 9.91. The Morgan fingerprint density at radius 3 is 2.33 bits per heavy atom. The van der Waals surface area contributed by atoms with Crippen molar-refractivity contribution in [3.8, 4) is 5.75 Å². The fourth-order valence-electron chi connectivity index (χ4n) is 2.89. The fraction of sp³-hybridized carbons (Fsp3) is 0.200. The lowest BCUT2D eigenvalue weighted by molar-refractivity contribution is 0.0990. The van der Waals surface area contributed by atoms with Crippen molar-refractivity contribution in [1.29, 1.82) is 0 Å². The molecule has 0 unspecified atom stereocenters. The number of anilines is 2. The molecule has 0 radical (unpaired) electrons. The summed E-state index contributed by atoms with van der Waals surface area (Å²) in [6.45, 7) is 4.73. The fourth-order valence-corrected chi connectivity index (χ4v) is 2.89. The summed E-state index contributed by atoms with van der Waals surface area (Å²) < 4.78 is 5.70. The molecule has 0 spiro atoms. The van der Waals surface area contributed by atoms with Crippen molar-refractivity contribution in [3.05, 3.63) is 90.0 Å². The van der Waals surface area contributed by atoms with Gasteiger partial charge in [-0.05, 0) is 54.4 Å². The van der Waals surface area contributed by atoms with Crippen molar-refractivity contribution in [3.63, 3.8) is 0 Å². The highest BCUT2D eigenvalue weighted by atomic mass is 16.5. The van der Waals surface area contributed by atoms with Gasteiger partial charge in [-0.25, -0.2) is 0 Å². The van der Waals surface area contributed by atoms with E-state index in [1.165, 1.54) is 0 Å². The summed E-state index contributed by atoms with van der Waals surface area (Å²) in [5.74, 6) is 0.647. The summed E-state index contributed by atoms with van der Waals surface area (Å²) in [7, 11) is 1.73. The molecule has 154 valence electrons. The average Bonchev–Trinajstić information content (AvgIpc) is 2.77. The number of hydrogen-bond donors (Lipinski definition) is 1. The van der Waals surface area contributed by atoms with E-state index in [0.717, 1.165) is 5.69 Å². The minimum Gasteiger partial charge on any atom is -0.493 e. The number of rotatable bonds is 7. The molecule has 0 fully saturated rings. The molecule has 1 N–H and O–H groups in total. The van der Waals surface area contributed by atoms with Crippen LogP contribution in [0.1, 0.15) is 34.6 Å². The molecular formula is C25H26N2O3. The monoisotopic (exact) mass is 402 g/mol. The minimum absolute atomic E-state index is 0.151. The third-order valence-electron chi connectivity index (χ3n) is 4.50. The van der Waals surface area contributed by atoms with E-state index in [1.807, 2.05) is 36.4 Å². The second-order valence-electron chi connectivity index (χ2n) is 7.47. The first kappa shape index (κ1) is 21.1. The number of nitrogens with one attached hydrogen (secondary N) is 1. The summed E-state index contributed by atoms with van der Waals surface area (Å²) in [6.07, 6.45) is 0. The largest absolute Gasteiger partial charge is 0.493 e. The Kier molecular flexibility index (Phi) is 6.86. The average molecular weight is 402 g/mol.